The second-order valence-corrected chi connectivity index (χ2v) is 4.17. The summed E-state index contributed by atoms with van der Waals surface area (Å²) in [6.45, 7) is 8.10. The number of allylic oxidation sites excluding steroid dienone is 2. The van der Waals surface area contributed by atoms with E-state index in [1.54, 1.807) is 6.08 Å². The van der Waals surface area contributed by atoms with Gasteiger partial charge in [0.2, 0.25) is 0 Å². The quantitative estimate of drug-likeness (QED) is 0.578. The van der Waals surface area contributed by atoms with Gasteiger partial charge in [-0.05, 0) is 36.7 Å². The van der Waals surface area contributed by atoms with Crippen LogP contribution in [0, 0.1) is 23.5 Å². The molecule has 94 valence electrons. The molecule has 2 nitrogen and oxygen atoms in total. The molecule has 0 aromatic heterocycles. The molecule has 0 spiro atoms. The van der Waals surface area contributed by atoms with Crippen molar-refractivity contribution in [3.05, 3.63) is 59.5 Å². The summed E-state index contributed by atoms with van der Waals surface area (Å²) in [6, 6.07) is 7.76. The maximum absolute atomic E-state index is 11.4. The molecule has 0 saturated heterocycles. The molecule has 2 heteroatoms. The Bertz CT molecular complexity index is 465. The van der Waals surface area contributed by atoms with Crippen LogP contribution in [0.15, 0.2) is 43.1 Å². The Kier molecular flexibility index (Phi) is 5.23. The summed E-state index contributed by atoms with van der Waals surface area (Å²) in [4.78, 5) is 0. The van der Waals surface area contributed by atoms with Crippen LogP contribution in [0.1, 0.15) is 25.0 Å². The van der Waals surface area contributed by atoms with Gasteiger partial charge >= 0.3 is 0 Å². The minimum atomic E-state index is 0.0230. The molecule has 0 aliphatic carbocycles. The van der Waals surface area contributed by atoms with Crippen LogP contribution in [0.5, 0.6) is 0 Å². The second kappa shape index (κ2) is 6.68. The molecule has 0 heterocycles. The zero-order valence-corrected chi connectivity index (χ0v) is 10.9. The lowest BCUT2D eigenvalue weighted by Gasteiger charge is -2.26. The number of hydrogen-bond donors (Lipinski definition) is 0. The molecular weight excluding hydrogens is 222 g/mol. The zero-order chi connectivity index (χ0) is 13.5. The number of hydroxylamine groups is 2. The van der Waals surface area contributed by atoms with Crippen molar-refractivity contribution < 1.29 is 0 Å². The molecule has 0 bridgehead atoms. The van der Waals surface area contributed by atoms with Gasteiger partial charge in [-0.3, -0.25) is 0 Å². The van der Waals surface area contributed by atoms with Crippen molar-refractivity contribution in [1.82, 2.24) is 5.06 Å². The highest BCUT2D eigenvalue weighted by Crippen LogP contribution is 2.21. The summed E-state index contributed by atoms with van der Waals surface area (Å²) < 4.78 is 0. The molecule has 1 aromatic rings. The van der Waals surface area contributed by atoms with Crippen molar-refractivity contribution in [2.24, 2.45) is 5.92 Å². The first-order valence-electron chi connectivity index (χ1n) is 5.89. The third kappa shape index (κ3) is 3.80. The summed E-state index contributed by atoms with van der Waals surface area (Å²) in [5.74, 6) is 2.68. The highest BCUT2D eigenvalue weighted by Gasteiger charge is 2.05. The summed E-state index contributed by atoms with van der Waals surface area (Å²) >= 11 is 0. The Morgan fingerprint density at radius 3 is 2.61 bits per heavy atom. The largest absolute Gasteiger partial charge is 0.758 e. The smallest absolute Gasteiger partial charge is 0.0421 e. The van der Waals surface area contributed by atoms with E-state index in [4.69, 9.17) is 6.42 Å². The van der Waals surface area contributed by atoms with Crippen LogP contribution < -0.4 is 0 Å². The minimum Gasteiger partial charge on any atom is -0.758 e. The normalized spacial score (nSPS) is 12.1. The average Bonchev–Trinajstić information content (AvgIpc) is 2.38. The lowest BCUT2D eigenvalue weighted by Crippen LogP contribution is -2.07. The third-order valence-electron chi connectivity index (χ3n) is 2.75. The Hall–Kier alpha value is -1.98. The van der Waals surface area contributed by atoms with E-state index in [1.807, 2.05) is 38.1 Å². The standard InChI is InChI=1S/C16H18NO/c1-5-11-17(18)12-15-7-9-16(10-8-15)14(4)13(3)6-2/h2,5,7-11,13H,4,12H2,1,3H3/q-1/b11-5-/t13-/m1/s1. The van der Waals surface area contributed by atoms with E-state index in [0.717, 1.165) is 21.8 Å². The van der Waals surface area contributed by atoms with Crippen LogP contribution in [-0.2, 0) is 6.54 Å². The molecule has 0 saturated carbocycles. The van der Waals surface area contributed by atoms with E-state index in [9.17, 15) is 5.21 Å². The van der Waals surface area contributed by atoms with Crippen molar-refractivity contribution in [1.29, 1.82) is 0 Å². The van der Waals surface area contributed by atoms with E-state index in [0.29, 0.717) is 6.54 Å². The molecule has 1 atom stereocenters. The van der Waals surface area contributed by atoms with Gasteiger partial charge in [-0.2, -0.15) is 0 Å². The highest BCUT2D eigenvalue weighted by atomic mass is 16.5. The fourth-order valence-corrected chi connectivity index (χ4v) is 1.57. The predicted octanol–water partition coefficient (Wildman–Crippen LogP) is 3.80. The van der Waals surface area contributed by atoms with Crippen molar-refractivity contribution in [3.63, 3.8) is 0 Å². The molecule has 18 heavy (non-hydrogen) atoms. The van der Waals surface area contributed by atoms with E-state index >= 15 is 0 Å². The second-order valence-electron chi connectivity index (χ2n) is 4.17. The van der Waals surface area contributed by atoms with Crippen molar-refractivity contribution >= 4 is 5.57 Å². The predicted molar refractivity (Wildman–Crippen MR) is 77.2 cm³/mol. The Balaban J connectivity index is 2.75. The number of benzene rings is 1. The van der Waals surface area contributed by atoms with Gasteiger partial charge < -0.3 is 10.3 Å². The number of terminal acetylenes is 1. The fraction of sp³-hybridized carbons (Fsp3) is 0.250. The fourth-order valence-electron chi connectivity index (χ4n) is 1.57. The van der Waals surface area contributed by atoms with Crippen molar-refractivity contribution in [2.75, 3.05) is 0 Å². The molecule has 1 rings (SSSR count). The molecule has 0 unspecified atom stereocenters. The van der Waals surface area contributed by atoms with Crippen LogP contribution in [0.3, 0.4) is 0 Å². The number of rotatable bonds is 5. The third-order valence-corrected chi connectivity index (χ3v) is 2.75. The van der Waals surface area contributed by atoms with Gasteiger partial charge in [-0.1, -0.05) is 42.8 Å². The molecule has 0 fully saturated rings. The van der Waals surface area contributed by atoms with Gasteiger partial charge in [0.15, 0.2) is 0 Å². The molecule has 0 N–H and O–H groups in total. The average molecular weight is 240 g/mol. The highest BCUT2D eigenvalue weighted by molar-refractivity contribution is 5.67. The van der Waals surface area contributed by atoms with Crippen molar-refractivity contribution in [3.8, 4) is 12.3 Å². The Morgan fingerprint density at radius 1 is 1.50 bits per heavy atom. The van der Waals surface area contributed by atoms with E-state index in [-0.39, 0.29) is 5.92 Å². The summed E-state index contributed by atoms with van der Waals surface area (Å²) in [5.41, 5.74) is 2.91. The van der Waals surface area contributed by atoms with Gasteiger partial charge in [-0.25, -0.2) is 0 Å². The number of nitrogens with zero attached hydrogens (tertiary/aromatic N) is 1. The van der Waals surface area contributed by atoms with Crippen LogP contribution in [0.25, 0.3) is 5.57 Å². The first-order valence-corrected chi connectivity index (χ1v) is 5.89. The lowest BCUT2D eigenvalue weighted by atomic mass is 9.95. The lowest BCUT2D eigenvalue weighted by molar-refractivity contribution is 0.503. The Morgan fingerprint density at radius 2 is 2.11 bits per heavy atom. The van der Waals surface area contributed by atoms with Gasteiger partial charge in [0.05, 0.1) is 0 Å². The van der Waals surface area contributed by atoms with Crippen LogP contribution in [-0.4, -0.2) is 5.06 Å². The van der Waals surface area contributed by atoms with E-state index < -0.39 is 0 Å². The molecule has 1 aromatic carbocycles. The zero-order valence-electron chi connectivity index (χ0n) is 10.9. The van der Waals surface area contributed by atoms with Gasteiger partial charge in [0, 0.05) is 12.5 Å². The minimum absolute atomic E-state index is 0.0230. The van der Waals surface area contributed by atoms with Gasteiger partial charge in [0.1, 0.15) is 0 Å². The maximum atomic E-state index is 11.4. The van der Waals surface area contributed by atoms with Crippen molar-refractivity contribution in [2.45, 2.75) is 20.4 Å². The first kappa shape index (κ1) is 14.1. The Labute approximate surface area is 109 Å². The summed E-state index contributed by atoms with van der Waals surface area (Å²) in [7, 11) is 0. The van der Waals surface area contributed by atoms with Crippen LogP contribution >= 0.6 is 0 Å². The van der Waals surface area contributed by atoms with Crippen LogP contribution in [0.4, 0.5) is 0 Å². The van der Waals surface area contributed by atoms with Gasteiger partial charge in [0.25, 0.3) is 0 Å². The first-order chi connectivity index (χ1) is 8.58. The summed E-state index contributed by atoms with van der Waals surface area (Å²) in [6.07, 6.45) is 8.60. The van der Waals surface area contributed by atoms with Crippen LogP contribution in [0.2, 0.25) is 0 Å². The molecular formula is C16H18NO-. The topological polar surface area (TPSA) is 26.3 Å². The molecule has 0 aliphatic heterocycles. The summed E-state index contributed by atoms with van der Waals surface area (Å²) in [5, 5.41) is 12.3. The monoisotopic (exact) mass is 240 g/mol. The van der Waals surface area contributed by atoms with E-state index in [1.165, 1.54) is 6.20 Å². The van der Waals surface area contributed by atoms with E-state index in [2.05, 4.69) is 12.5 Å². The molecule has 0 radical (unpaired) electrons. The number of hydrogen-bond acceptors (Lipinski definition) is 2. The maximum Gasteiger partial charge on any atom is 0.0421 e. The van der Waals surface area contributed by atoms with Gasteiger partial charge in [-0.15, -0.1) is 6.42 Å². The molecule has 0 amide bonds. The SMILES string of the molecule is C#C[C@@H](C)C(=C)c1ccc(CN([O-])/C=C\C)cc1. The molecule has 0 aliphatic rings.